The van der Waals surface area contributed by atoms with E-state index in [-0.39, 0.29) is 5.78 Å². The number of hydrogen-bond acceptors (Lipinski definition) is 3. The number of thiophene rings is 1. The van der Waals surface area contributed by atoms with Crippen LogP contribution >= 0.6 is 11.3 Å². The van der Waals surface area contributed by atoms with Gasteiger partial charge in [0.15, 0.2) is 5.78 Å². The van der Waals surface area contributed by atoms with Gasteiger partial charge in [-0.15, -0.1) is 11.3 Å². The molecule has 1 heterocycles. The maximum Gasteiger partial charge on any atom is 0.186 e. The first-order chi connectivity index (χ1) is 8.16. The highest BCUT2D eigenvalue weighted by atomic mass is 32.1. The third-order valence-corrected chi connectivity index (χ3v) is 3.33. The van der Waals surface area contributed by atoms with Crippen LogP contribution in [0.4, 0.5) is 5.69 Å². The molecule has 0 amide bonds. The highest BCUT2D eigenvalue weighted by Crippen LogP contribution is 2.16. The van der Waals surface area contributed by atoms with Gasteiger partial charge >= 0.3 is 0 Å². The van der Waals surface area contributed by atoms with Gasteiger partial charge in [0.25, 0.3) is 0 Å². The number of ketones is 1. The van der Waals surface area contributed by atoms with Crippen LogP contribution in [-0.4, -0.2) is 5.78 Å². The molecule has 0 spiro atoms. The van der Waals surface area contributed by atoms with Gasteiger partial charge < -0.3 is 5.73 Å². The number of nitrogen functional groups attached to an aromatic ring is 1. The molecular formula is C14H13NOS. The lowest BCUT2D eigenvalue weighted by atomic mass is 10.1. The molecule has 86 valence electrons. The minimum absolute atomic E-state index is 0.0422. The fraction of sp³-hybridized carbons (Fsp3) is 0.0714. The Labute approximate surface area is 104 Å². The molecule has 0 saturated carbocycles. The van der Waals surface area contributed by atoms with Gasteiger partial charge in [-0.2, -0.15) is 0 Å². The SMILES string of the molecule is Cc1sccc1C(=O)/C=C/c1ccc(N)cc1. The number of allylic oxidation sites excluding steroid dienone is 1. The summed E-state index contributed by atoms with van der Waals surface area (Å²) < 4.78 is 0. The molecule has 0 radical (unpaired) electrons. The molecule has 1 aromatic carbocycles. The van der Waals surface area contributed by atoms with Crippen LogP contribution < -0.4 is 5.73 Å². The predicted octanol–water partition coefficient (Wildman–Crippen LogP) is 3.53. The van der Waals surface area contributed by atoms with Crippen molar-refractivity contribution in [1.29, 1.82) is 0 Å². The molecule has 0 aliphatic carbocycles. The summed E-state index contributed by atoms with van der Waals surface area (Å²) in [6, 6.07) is 9.27. The number of carbonyl (C=O) groups excluding carboxylic acids is 1. The highest BCUT2D eigenvalue weighted by Gasteiger charge is 2.05. The normalized spacial score (nSPS) is 10.9. The maximum absolute atomic E-state index is 11.9. The number of nitrogens with two attached hydrogens (primary N) is 1. The molecule has 2 aromatic rings. The summed E-state index contributed by atoms with van der Waals surface area (Å²) in [7, 11) is 0. The van der Waals surface area contributed by atoms with Gasteiger partial charge in [-0.25, -0.2) is 0 Å². The molecule has 1 aromatic heterocycles. The summed E-state index contributed by atoms with van der Waals surface area (Å²) in [5.74, 6) is 0.0422. The molecule has 2 N–H and O–H groups in total. The number of carbonyl (C=O) groups is 1. The van der Waals surface area contributed by atoms with Crippen LogP contribution in [0.1, 0.15) is 20.8 Å². The van der Waals surface area contributed by atoms with E-state index in [2.05, 4.69) is 0 Å². The molecule has 3 heteroatoms. The molecule has 0 atom stereocenters. The van der Waals surface area contributed by atoms with Crippen LogP contribution in [0, 0.1) is 6.92 Å². The minimum atomic E-state index is 0.0422. The quantitative estimate of drug-likeness (QED) is 0.509. The molecule has 0 saturated heterocycles. The third kappa shape index (κ3) is 2.82. The predicted molar refractivity (Wildman–Crippen MR) is 73.3 cm³/mol. The van der Waals surface area contributed by atoms with Crippen LogP contribution in [0.15, 0.2) is 41.8 Å². The van der Waals surface area contributed by atoms with Crippen molar-refractivity contribution in [3.05, 3.63) is 57.8 Å². The third-order valence-electron chi connectivity index (χ3n) is 2.49. The lowest BCUT2D eigenvalue weighted by Gasteiger charge is -1.95. The number of hydrogen-bond donors (Lipinski definition) is 1. The zero-order chi connectivity index (χ0) is 12.3. The summed E-state index contributed by atoms with van der Waals surface area (Å²) in [4.78, 5) is 12.9. The van der Waals surface area contributed by atoms with Crippen LogP contribution in [0.2, 0.25) is 0 Å². The molecule has 0 aliphatic rings. The van der Waals surface area contributed by atoms with E-state index in [1.54, 1.807) is 23.5 Å². The van der Waals surface area contributed by atoms with Crippen molar-refractivity contribution < 1.29 is 4.79 Å². The molecule has 2 nitrogen and oxygen atoms in total. The van der Waals surface area contributed by atoms with Gasteiger partial charge in [0, 0.05) is 16.1 Å². The highest BCUT2D eigenvalue weighted by molar-refractivity contribution is 7.10. The number of aryl methyl sites for hydroxylation is 1. The largest absolute Gasteiger partial charge is 0.399 e. The number of benzene rings is 1. The zero-order valence-electron chi connectivity index (χ0n) is 9.51. The Hall–Kier alpha value is -1.87. The summed E-state index contributed by atoms with van der Waals surface area (Å²) in [5.41, 5.74) is 8.07. The van der Waals surface area contributed by atoms with Gasteiger partial charge in [-0.3, -0.25) is 4.79 Å². The Morgan fingerprint density at radius 2 is 1.94 bits per heavy atom. The standard InChI is InChI=1S/C14H13NOS/c1-10-13(8-9-17-10)14(16)7-4-11-2-5-12(15)6-3-11/h2-9H,15H2,1H3/b7-4+. The van der Waals surface area contributed by atoms with Gasteiger partial charge in [0.1, 0.15) is 0 Å². The van der Waals surface area contributed by atoms with Gasteiger partial charge in [0.05, 0.1) is 0 Å². The van der Waals surface area contributed by atoms with Crippen molar-refractivity contribution in [2.75, 3.05) is 5.73 Å². The first kappa shape index (κ1) is 11.6. The second kappa shape index (κ2) is 4.97. The fourth-order valence-electron chi connectivity index (χ4n) is 1.51. The van der Waals surface area contributed by atoms with E-state index in [9.17, 15) is 4.79 Å². The maximum atomic E-state index is 11.9. The molecular weight excluding hydrogens is 230 g/mol. The summed E-state index contributed by atoms with van der Waals surface area (Å²) >= 11 is 1.59. The molecule has 0 bridgehead atoms. The van der Waals surface area contributed by atoms with Crippen LogP contribution in [0.5, 0.6) is 0 Å². The molecule has 17 heavy (non-hydrogen) atoms. The Balaban J connectivity index is 2.14. The second-order valence-corrected chi connectivity index (χ2v) is 4.87. The van der Waals surface area contributed by atoms with Crippen molar-refractivity contribution in [3.63, 3.8) is 0 Å². The first-order valence-electron chi connectivity index (χ1n) is 5.29. The van der Waals surface area contributed by atoms with Gasteiger partial charge in [-0.1, -0.05) is 18.2 Å². The van der Waals surface area contributed by atoms with Gasteiger partial charge in [0.2, 0.25) is 0 Å². The summed E-state index contributed by atoms with van der Waals surface area (Å²) in [6.07, 6.45) is 3.40. The van der Waals surface area contributed by atoms with E-state index < -0.39 is 0 Å². The fourth-order valence-corrected chi connectivity index (χ4v) is 2.21. The molecule has 0 fully saturated rings. The monoisotopic (exact) mass is 243 g/mol. The Kier molecular flexibility index (Phi) is 3.40. The van der Waals surface area contributed by atoms with E-state index in [1.165, 1.54) is 0 Å². The van der Waals surface area contributed by atoms with Crippen LogP contribution in [-0.2, 0) is 0 Å². The molecule has 2 rings (SSSR count). The first-order valence-corrected chi connectivity index (χ1v) is 6.17. The van der Waals surface area contributed by atoms with Crippen molar-refractivity contribution in [2.45, 2.75) is 6.92 Å². The van der Waals surface area contributed by atoms with E-state index in [0.717, 1.165) is 21.7 Å². The van der Waals surface area contributed by atoms with Crippen LogP contribution in [0.25, 0.3) is 6.08 Å². The van der Waals surface area contributed by atoms with E-state index >= 15 is 0 Å². The Bertz CT molecular complexity index is 552. The Morgan fingerprint density at radius 1 is 1.24 bits per heavy atom. The van der Waals surface area contributed by atoms with E-state index in [0.29, 0.717) is 0 Å². The summed E-state index contributed by atoms with van der Waals surface area (Å²) in [6.45, 7) is 1.95. The molecule has 0 aliphatic heterocycles. The van der Waals surface area contributed by atoms with Crippen molar-refractivity contribution in [2.24, 2.45) is 0 Å². The van der Waals surface area contributed by atoms with E-state index in [1.807, 2.05) is 42.6 Å². The summed E-state index contributed by atoms with van der Waals surface area (Å²) in [5, 5.41) is 1.93. The topological polar surface area (TPSA) is 43.1 Å². The average molecular weight is 243 g/mol. The minimum Gasteiger partial charge on any atom is -0.399 e. The van der Waals surface area contributed by atoms with Crippen molar-refractivity contribution >= 4 is 28.9 Å². The lowest BCUT2D eigenvalue weighted by molar-refractivity contribution is 0.104. The molecule has 0 unspecified atom stereocenters. The van der Waals surface area contributed by atoms with Crippen molar-refractivity contribution in [3.8, 4) is 0 Å². The average Bonchev–Trinajstić information content (AvgIpc) is 2.74. The van der Waals surface area contributed by atoms with E-state index in [4.69, 9.17) is 5.73 Å². The van der Waals surface area contributed by atoms with Crippen LogP contribution in [0.3, 0.4) is 0 Å². The number of anilines is 1. The number of rotatable bonds is 3. The van der Waals surface area contributed by atoms with Crippen molar-refractivity contribution in [1.82, 2.24) is 0 Å². The second-order valence-electron chi connectivity index (χ2n) is 3.75. The zero-order valence-corrected chi connectivity index (χ0v) is 10.3. The lowest BCUT2D eigenvalue weighted by Crippen LogP contribution is -1.93. The smallest absolute Gasteiger partial charge is 0.186 e. The van der Waals surface area contributed by atoms with Gasteiger partial charge in [-0.05, 0) is 42.1 Å². The Morgan fingerprint density at radius 3 is 2.53 bits per heavy atom.